The molecule has 1 aliphatic carbocycles. The Bertz CT molecular complexity index is 1070. The van der Waals surface area contributed by atoms with E-state index in [0.29, 0.717) is 0 Å². The predicted molar refractivity (Wildman–Crippen MR) is 149 cm³/mol. The van der Waals surface area contributed by atoms with Crippen LogP contribution in [0.25, 0.3) is 11.1 Å². The van der Waals surface area contributed by atoms with E-state index in [1.54, 1.807) is 0 Å². The first-order chi connectivity index (χ1) is 17.2. The quantitative estimate of drug-likeness (QED) is 0.226. The largest absolute Gasteiger partial charge is 0.494 e. The average Bonchev–Trinajstić information content (AvgIpc) is 2.92. The van der Waals surface area contributed by atoms with Gasteiger partial charge in [-0.1, -0.05) is 87.8 Å². The molecule has 0 radical (unpaired) electrons. The van der Waals surface area contributed by atoms with Crippen molar-refractivity contribution in [3.63, 3.8) is 0 Å². The summed E-state index contributed by atoms with van der Waals surface area (Å²) in [4.78, 5) is 0. The van der Waals surface area contributed by atoms with Gasteiger partial charge in [-0.2, -0.15) is 0 Å². The first-order valence-electron chi connectivity index (χ1n) is 13.7. The lowest BCUT2D eigenvalue weighted by Gasteiger charge is -2.28. The summed E-state index contributed by atoms with van der Waals surface area (Å²) in [5.41, 5.74) is 6.03. The van der Waals surface area contributed by atoms with Gasteiger partial charge < -0.3 is 4.74 Å². The molecule has 1 fully saturated rings. The lowest BCUT2D eigenvalue weighted by molar-refractivity contribution is 0.304. The van der Waals surface area contributed by atoms with Gasteiger partial charge in [0.25, 0.3) is 0 Å². The second-order valence-electron chi connectivity index (χ2n) is 10.0. The number of benzene rings is 3. The molecule has 0 atom stereocenters. The van der Waals surface area contributed by atoms with Gasteiger partial charge in [0.2, 0.25) is 0 Å². The Morgan fingerprint density at radius 2 is 1.20 bits per heavy atom. The van der Waals surface area contributed by atoms with E-state index in [1.165, 1.54) is 61.6 Å². The summed E-state index contributed by atoms with van der Waals surface area (Å²) in [7, 11) is 0. The molecule has 4 rings (SSSR count). The maximum Gasteiger partial charge on any atom is 0.119 e. The Balaban J connectivity index is 1.31. The molecule has 0 amide bonds. The van der Waals surface area contributed by atoms with E-state index in [4.69, 9.17) is 4.74 Å². The Hall–Kier alpha value is -2.98. The zero-order valence-electron chi connectivity index (χ0n) is 21.6. The first-order valence-corrected chi connectivity index (χ1v) is 13.7. The van der Waals surface area contributed by atoms with Crippen molar-refractivity contribution < 1.29 is 4.74 Å². The molecular formula is C34H40O. The van der Waals surface area contributed by atoms with Crippen LogP contribution in [0.4, 0.5) is 0 Å². The molecule has 3 aromatic rings. The summed E-state index contributed by atoms with van der Waals surface area (Å²) in [5, 5.41) is 0. The lowest BCUT2D eigenvalue weighted by atomic mass is 9.77. The molecule has 0 heterocycles. The average molecular weight is 465 g/mol. The fourth-order valence-electron chi connectivity index (χ4n) is 5.08. The predicted octanol–water partition coefficient (Wildman–Crippen LogP) is 9.40. The third-order valence-corrected chi connectivity index (χ3v) is 7.39. The summed E-state index contributed by atoms with van der Waals surface area (Å²) in [6.07, 6.45) is 11.9. The number of rotatable bonds is 9. The minimum absolute atomic E-state index is 0.736. The van der Waals surface area contributed by atoms with Crippen LogP contribution in [-0.4, -0.2) is 6.61 Å². The highest BCUT2D eigenvalue weighted by molar-refractivity contribution is 5.65. The fraction of sp³-hybridized carbons (Fsp3) is 0.412. The van der Waals surface area contributed by atoms with Crippen molar-refractivity contribution in [3.8, 4) is 28.7 Å². The van der Waals surface area contributed by atoms with Gasteiger partial charge >= 0.3 is 0 Å². The molecule has 0 spiro atoms. The SMILES string of the molecule is CCCCOc1ccc(-c2ccc(C#Cc3ccc([C@H]4CC[C@H](CCCC)CC4)cc3)cc2)cc1. The van der Waals surface area contributed by atoms with E-state index in [1.807, 2.05) is 0 Å². The molecule has 35 heavy (non-hydrogen) atoms. The van der Waals surface area contributed by atoms with Crippen molar-refractivity contribution in [3.05, 3.63) is 89.5 Å². The highest BCUT2D eigenvalue weighted by atomic mass is 16.5. The molecule has 0 N–H and O–H groups in total. The molecule has 0 unspecified atom stereocenters. The van der Waals surface area contributed by atoms with Crippen LogP contribution in [0.15, 0.2) is 72.8 Å². The monoisotopic (exact) mass is 464 g/mol. The zero-order chi connectivity index (χ0) is 24.3. The molecule has 1 saturated carbocycles. The Labute approximate surface area is 212 Å². The van der Waals surface area contributed by atoms with Crippen LogP contribution in [0.3, 0.4) is 0 Å². The van der Waals surface area contributed by atoms with Crippen molar-refractivity contribution in [2.45, 2.75) is 77.6 Å². The first kappa shape index (κ1) is 25.1. The highest BCUT2D eigenvalue weighted by Crippen LogP contribution is 2.37. The minimum atomic E-state index is 0.736. The van der Waals surface area contributed by atoms with Gasteiger partial charge in [0.15, 0.2) is 0 Å². The summed E-state index contributed by atoms with van der Waals surface area (Å²) >= 11 is 0. The number of hydrogen-bond donors (Lipinski definition) is 0. The van der Waals surface area contributed by atoms with Crippen LogP contribution in [0.2, 0.25) is 0 Å². The van der Waals surface area contributed by atoms with Gasteiger partial charge in [-0.05, 0) is 97.0 Å². The van der Waals surface area contributed by atoms with Crippen LogP contribution in [0, 0.1) is 17.8 Å². The van der Waals surface area contributed by atoms with Crippen LogP contribution >= 0.6 is 0 Å². The van der Waals surface area contributed by atoms with E-state index in [-0.39, 0.29) is 0 Å². The van der Waals surface area contributed by atoms with Crippen molar-refractivity contribution in [1.82, 2.24) is 0 Å². The van der Waals surface area contributed by atoms with Crippen molar-refractivity contribution in [1.29, 1.82) is 0 Å². The van der Waals surface area contributed by atoms with E-state index >= 15 is 0 Å². The van der Waals surface area contributed by atoms with Gasteiger partial charge in [-0.3, -0.25) is 0 Å². The normalized spacial score (nSPS) is 17.4. The third-order valence-electron chi connectivity index (χ3n) is 7.39. The highest BCUT2D eigenvalue weighted by Gasteiger charge is 2.21. The molecule has 182 valence electrons. The van der Waals surface area contributed by atoms with Gasteiger partial charge in [0.05, 0.1) is 6.61 Å². The molecule has 1 aliphatic rings. The van der Waals surface area contributed by atoms with E-state index < -0.39 is 0 Å². The van der Waals surface area contributed by atoms with Gasteiger partial charge in [0, 0.05) is 11.1 Å². The molecule has 0 bridgehead atoms. The van der Waals surface area contributed by atoms with E-state index in [0.717, 1.165) is 48.2 Å². The maximum absolute atomic E-state index is 5.77. The standard InChI is InChI=1S/C34H40O/c1-3-5-7-27-10-16-30(17-11-27)31-18-12-28(13-19-31)8-9-29-14-20-32(21-15-29)33-22-24-34(25-23-33)35-26-6-4-2/h12-15,18-25,27,30H,3-7,10-11,16-17,26H2,1-2H3/t27-,30-. The zero-order valence-corrected chi connectivity index (χ0v) is 21.6. The molecule has 1 heteroatoms. The fourth-order valence-corrected chi connectivity index (χ4v) is 5.08. The second kappa shape index (κ2) is 13.2. The Kier molecular flexibility index (Phi) is 9.47. The van der Waals surface area contributed by atoms with Crippen LogP contribution in [-0.2, 0) is 0 Å². The van der Waals surface area contributed by atoms with Crippen LogP contribution in [0.5, 0.6) is 5.75 Å². The maximum atomic E-state index is 5.77. The minimum Gasteiger partial charge on any atom is -0.494 e. The van der Waals surface area contributed by atoms with Gasteiger partial charge in [-0.25, -0.2) is 0 Å². The van der Waals surface area contributed by atoms with E-state index in [2.05, 4.69) is 98.5 Å². The molecule has 3 aromatic carbocycles. The summed E-state index contributed by atoms with van der Waals surface area (Å²) in [6.45, 7) is 5.26. The Morgan fingerprint density at radius 1 is 0.657 bits per heavy atom. The van der Waals surface area contributed by atoms with Crippen LogP contribution < -0.4 is 4.74 Å². The second-order valence-corrected chi connectivity index (χ2v) is 10.0. The summed E-state index contributed by atoms with van der Waals surface area (Å²) in [6, 6.07) is 25.9. The molecule has 0 aromatic heterocycles. The van der Waals surface area contributed by atoms with Crippen molar-refractivity contribution in [2.75, 3.05) is 6.61 Å². The number of unbranched alkanes of at least 4 members (excludes halogenated alkanes) is 2. The third kappa shape index (κ3) is 7.50. The summed E-state index contributed by atoms with van der Waals surface area (Å²) < 4.78 is 5.77. The summed E-state index contributed by atoms with van der Waals surface area (Å²) in [5.74, 6) is 9.32. The number of hydrogen-bond acceptors (Lipinski definition) is 1. The van der Waals surface area contributed by atoms with E-state index in [9.17, 15) is 0 Å². The molecular weight excluding hydrogens is 424 g/mol. The van der Waals surface area contributed by atoms with Gasteiger partial charge in [0.1, 0.15) is 5.75 Å². The number of ether oxygens (including phenoxy) is 1. The molecule has 1 nitrogen and oxygen atoms in total. The smallest absolute Gasteiger partial charge is 0.119 e. The van der Waals surface area contributed by atoms with Crippen molar-refractivity contribution in [2.24, 2.45) is 5.92 Å². The molecule has 0 aliphatic heterocycles. The van der Waals surface area contributed by atoms with Crippen molar-refractivity contribution >= 4 is 0 Å². The van der Waals surface area contributed by atoms with Gasteiger partial charge in [-0.15, -0.1) is 0 Å². The topological polar surface area (TPSA) is 9.23 Å². The molecule has 0 saturated heterocycles. The Morgan fingerprint density at radius 3 is 1.77 bits per heavy atom. The lowest BCUT2D eigenvalue weighted by Crippen LogP contribution is -2.13. The van der Waals surface area contributed by atoms with Crippen LogP contribution in [0.1, 0.15) is 94.2 Å².